The number of nitrogens with zero attached hydrogens (tertiary/aromatic N) is 1. The van der Waals surface area contributed by atoms with Gasteiger partial charge < -0.3 is 24.2 Å². The van der Waals surface area contributed by atoms with Gasteiger partial charge in [-0.15, -0.1) is 5.06 Å². The molecule has 1 atom stereocenters. The van der Waals surface area contributed by atoms with E-state index in [9.17, 15) is 14.7 Å². The number of aliphatic hydroxyl groups excluding tert-OH is 1. The Labute approximate surface area is 151 Å². The van der Waals surface area contributed by atoms with Gasteiger partial charge in [0, 0.05) is 0 Å². The molecule has 0 aromatic heterocycles. The van der Waals surface area contributed by atoms with Gasteiger partial charge >= 0.3 is 12.2 Å². The standard InChI is InChI=1S/C16H33NO7Si/c1-15(2,3)23-14(21)24-17(13(19)20)10-9-12(18)11-22-25(7,8)16(4,5)6/h12,18H,9-11H2,1-8H3,(H,19,20). The Bertz CT molecular complexity index is 454. The number of hydrogen-bond acceptors (Lipinski definition) is 6. The van der Waals surface area contributed by atoms with Crippen molar-refractivity contribution in [3.63, 3.8) is 0 Å². The maximum absolute atomic E-state index is 11.6. The molecule has 0 aromatic carbocycles. The maximum atomic E-state index is 11.6. The van der Waals surface area contributed by atoms with Crippen LogP contribution in [0.1, 0.15) is 48.0 Å². The second kappa shape index (κ2) is 8.86. The molecule has 0 aliphatic heterocycles. The van der Waals surface area contributed by atoms with Crippen LogP contribution in [0.3, 0.4) is 0 Å². The van der Waals surface area contributed by atoms with Crippen molar-refractivity contribution in [2.45, 2.75) is 77.8 Å². The fourth-order valence-corrected chi connectivity index (χ4v) is 2.45. The predicted octanol–water partition coefficient (Wildman–Crippen LogP) is 3.61. The summed E-state index contributed by atoms with van der Waals surface area (Å²) in [4.78, 5) is 27.4. The summed E-state index contributed by atoms with van der Waals surface area (Å²) < 4.78 is 10.8. The van der Waals surface area contributed by atoms with E-state index in [1.54, 1.807) is 20.8 Å². The van der Waals surface area contributed by atoms with E-state index < -0.39 is 32.3 Å². The minimum absolute atomic E-state index is 0.0135. The van der Waals surface area contributed by atoms with Gasteiger partial charge in [0.15, 0.2) is 8.32 Å². The molecule has 0 saturated heterocycles. The molecule has 0 fully saturated rings. The highest BCUT2D eigenvalue weighted by atomic mass is 28.4. The van der Waals surface area contributed by atoms with Crippen LogP contribution in [0.4, 0.5) is 9.59 Å². The zero-order valence-corrected chi connectivity index (χ0v) is 17.6. The molecule has 25 heavy (non-hydrogen) atoms. The number of carbonyl (C=O) groups excluding carboxylic acids is 1. The Morgan fingerprint density at radius 3 is 2.04 bits per heavy atom. The number of amides is 1. The number of carbonyl (C=O) groups is 2. The van der Waals surface area contributed by atoms with Gasteiger partial charge in [-0.3, -0.25) is 0 Å². The first-order chi connectivity index (χ1) is 11.0. The number of ether oxygens (including phenoxy) is 1. The number of carboxylic acid groups (broad SMARTS) is 1. The van der Waals surface area contributed by atoms with Crippen molar-refractivity contribution in [2.24, 2.45) is 0 Å². The molecule has 0 rings (SSSR count). The monoisotopic (exact) mass is 379 g/mol. The third-order valence-corrected chi connectivity index (χ3v) is 8.40. The summed E-state index contributed by atoms with van der Waals surface area (Å²) in [6.07, 6.45) is -3.34. The van der Waals surface area contributed by atoms with E-state index in [1.165, 1.54) is 0 Å². The van der Waals surface area contributed by atoms with Crippen LogP contribution >= 0.6 is 0 Å². The van der Waals surface area contributed by atoms with Crippen LogP contribution < -0.4 is 0 Å². The van der Waals surface area contributed by atoms with E-state index in [1.807, 2.05) is 0 Å². The van der Waals surface area contributed by atoms with E-state index in [4.69, 9.17) is 14.3 Å². The largest absolute Gasteiger partial charge is 0.534 e. The highest BCUT2D eigenvalue weighted by molar-refractivity contribution is 6.74. The van der Waals surface area contributed by atoms with Gasteiger partial charge in [-0.2, -0.15) is 0 Å². The molecule has 0 saturated carbocycles. The Morgan fingerprint density at radius 2 is 1.64 bits per heavy atom. The number of aliphatic hydroxyl groups is 1. The lowest BCUT2D eigenvalue weighted by Gasteiger charge is -2.36. The molecule has 0 bridgehead atoms. The summed E-state index contributed by atoms with van der Waals surface area (Å²) in [7, 11) is -1.99. The molecular formula is C16H33NO7Si. The van der Waals surface area contributed by atoms with E-state index in [0.29, 0.717) is 5.06 Å². The maximum Gasteiger partial charge on any atom is 0.534 e. The fourth-order valence-electron chi connectivity index (χ4n) is 1.41. The molecule has 0 heterocycles. The van der Waals surface area contributed by atoms with Crippen LogP contribution in [-0.2, 0) is 14.0 Å². The lowest BCUT2D eigenvalue weighted by molar-refractivity contribution is -0.125. The molecule has 2 N–H and O–H groups in total. The van der Waals surface area contributed by atoms with E-state index in [0.717, 1.165) is 0 Å². The van der Waals surface area contributed by atoms with Crippen molar-refractivity contribution in [1.82, 2.24) is 5.06 Å². The summed E-state index contributed by atoms with van der Waals surface area (Å²) in [6.45, 7) is 15.2. The van der Waals surface area contributed by atoms with Crippen molar-refractivity contribution in [3.05, 3.63) is 0 Å². The molecule has 8 nitrogen and oxygen atoms in total. The first-order valence-corrected chi connectivity index (χ1v) is 11.2. The fraction of sp³-hybridized carbons (Fsp3) is 0.875. The Morgan fingerprint density at radius 1 is 1.12 bits per heavy atom. The third kappa shape index (κ3) is 9.66. The SMILES string of the molecule is CC(C)(C)OC(=O)ON(CCC(O)CO[Si](C)(C)C(C)(C)C)C(=O)O. The molecular weight excluding hydrogens is 346 g/mol. The van der Waals surface area contributed by atoms with Gasteiger partial charge in [0.1, 0.15) is 5.60 Å². The van der Waals surface area contributed by atoms with Gasteiger partial charge in [-0.1, -0.05) is 20.8 Å². The molecule has 1 amide bonds. The molecule has 0 aromatic rings. The van der Waals surface area contributed by atoms with Crippen molar-refractivity contribution in [3.8, 4) is 0 Å². The van der Waals surface area contributed by atoms with Crippen LogP contribution in [0.5, 0.6) is 0 Å². The predicted molar refractivity (Wildman–Crippen MR) is 95.8 cm³/mol. The second-order valence-corrected chi connectivity index (χ2v) is 13.3. The zero-order valence-electron chi connectivity index (χ0n) is 16.6. The van der Waals surface area contributed by atoms with Gasteiger partial charge in [-0.05, 0) is 45.3 Å². The minimum Gasteiger partial charge on any atom is -0.463 e. The lowest BCUT2D eigenvalue weighted by atomic mass is 10.2. The Balaban J connectivity index is 4.48. The molecule has 0 radical (unpaired) electrons. The zero-order chi connectivity index (χ0) is 20.1. The van der Waals surface area contributed by atoms with Crippen molar-refractivity contribution in [1.29, 1.82) is 0 Å². The summed E-state index contributed by atoms with van der Waals surface area (Å²) in [5, 5.41) is 19.6. The van der Waals surface area contributed by atoms with E-state index in [-0.39, 0.29) is 24.6 Å². The van der Waals surface area contributed by atoms with E-state index in [2.05, 4.69) is 38.7 Å². The summed E-state index contributed by atoms with van der Waals surface area (Å²) in [5.41, 5.74) is -0.794. The molecule has 148 valence electrons. The highest BCUT2D eigenvalue weighted by Gasteiger charge is 2.37. The number of hydroxylamine groups is 2. The van der Waals surface area contributed by atoms with Crippen molar-refractivity contribution < 1.29 is 33.8 Å². The van der Waals surface area contributed by atoms with Gasteiger partial charge in [0.25, 0.3) is 0 Å². The summed E-state index contributed by atoms with van der Waals surface area (Å²) in [6, 6.07) is 0. The first kappa shape index (κ1) is 23.7. The smallest absolute Gasteiger partial charge is 0.463 e. The Kier molecular flexibility index (Phi) is 8.39. The van der Waals surface area contributed by atoms with Gasteiger partial charge in [0.05, 0.1) is 19.3 Å². The molecule has 0 spiro atoms. The van der Waals surface area contributed by atoms with Gasteiger partial charge in [-0.25, -0.2) is 9.59 Å². The second-order valence-electron chi connectivity index (χ2n) is 8.45. The van der Waals surface area contributed by atoms with Crippen LogP contribution in [0.2, 0.25) is 18.1 Å². The van der Waals surface area contributed by atoms with Crippen LogP contribution in [0.15, 0.2) is 0 Å². The average Bonchev–Trinajstić information content (AvgIpc) is 2.37. The minimum atomic E-state index is -1.99. The Hall–Kier alpha value is -1.32. The van der Waals surface area contributed by atoms with Crippen molar-refractivity contribution >= 4 is 20.6 Å². The summed E-state index contributed by atoms with van der Waals surface area (Å²) in [5.74, 6) is 0. The number of hydrogen-bond donors (Lipinski definition) is 2. The number of rotatable bonds is 6. The van der Waals surface area contributed by atoms with Crippen LogP contribution in [0.25, 0.3) is 0 Å². The van der Waals surface area contributed by atoms with Gasteiger partial charge in [0.2, 0.25) is 0 Å². The van der Waals surface area contributed by atoms with Crippen LogP contribution in [0, 0.1) is 0 Å². The quantitative estimate of drug-likeness (QED) is 0.412. The molecule has 0 aliphatic carbocycles. The van der Waals surface area contributed by atoms with Crippen LogP contribution in [-0.4, -0.2) is 60.7 Å². The van der Waals surface area contributed by atoms with E-state index >= 15 is 0 Å². The average molecular weight is 380 g/mol. The normalized spacial score (nSPS) is 14.0. The topological polar surface area (TPSA) is 106 Å². The first-order valence-electron chi connectivity index (χ1n) is 8.28. The summed E-state index contributed by atoms with van der Waals surface area (Å²) >= 11 is 0. The highest BCUT2D eigenvalue weighted by Crippen LogP contribution is 2.36. The lowest BCUT2D eigenvalue weighted by Crippen LogP contribution is -2.43. The molecule has 0 aliphatic rings. The third-order valence-electron chi connectivity index (χ3n) is 3.90. The van der Waals surface area contributed by atoms with Crippen molar-refractivity contribution in [2.75, 3.05) is 13.2 Å². The molecule has 9 heteroatoms. The molecule has 1 unspecified atom stereocenters.